The Morgan fingerprint density at radius 3 is 2.84 bits per heavy atom. The zero-order valence-electron chi connectivity index (χ0n) is 10.0. The van der Waals surface area contributed by atoms with E-state index in [-0.39, 0.29) is 12.4 Å². The number of guanidine groups is 1. The van der Waals surface area contributed by atoms with Gasteiger partial charge in [0.15, 0.2) is 5.96 Å². The molecule has 8 heteroatoms. The van der Waals surface area contributed by atoms with Crippen LogP contribution < -0.4 is 11.5 Å². The van der Waals surface area contributed by atoms with E-state index in [1.807, 2.05) is 13.1 Å². The molecule has 100 valence electrons. The number of amides is 1. The molecule has 0 aliphatic carbocycles. The van der Waals surface area contributed by atoms with Gasteiger partial charge in [0.05, 0.1) is 11.9 Å². The number of benzene rings is 1. The van der Waals surface area contributed by atoms with Crippen LogP contribution >= 0.6 is 27.5 Å². The lowest BCUT2D eigenvalue weighted by molar-refractivity contribution is -0.117. The molecule has 0 aliphatic rings. The van der Waals surface area contributed by atoms with Crippen molar-refractivity contribution in [3.05, 3.63) is 27.3 Å². The number of aromatic nitrogens is 2. The Bertz CT molecular complexity index is 690. The predicted octanol–water partition coefficient (Wildman–Crippen LogP) is 1.33. The predicted molar refractivity (Wildman–Crippen MR) is 77.9 cm³/mol. The van der Waals surface area contributed by atoms with E-state index in [0.717, 1.165) is 10.9 Å². The van der Waals surface area contributed by atoms with Crippen molar-refractivity contribution < 1.29 is 4.79 Å². The van der Waals surface area contributed by atoms with Crippen LogP contribution in [0, 0.1) is 0 Å². The average Bonchev–Trinajstić information content (AvgIpc) is 2.57. The maximum atomic E-state index is 11.7. The molecule has 0 saturated heterocycles. The molecule has 1 aromatic heterocycles. The van der Waals surface area contributed by atoms with Crippen molar-refractivity contribution in [1.29, 1.82) is 0 Å². The lowest BCUT2D eigenvalue weighted by Crippen LogP contribution is -2.24. The molecule has 0 aliphatic heterocycles. The van der Waals surface area contributed by atoms with Crippen molar-refractivity contribution in [2.24, 2.45) is 23.5 Å². The van der Waals surface area contributed by atoms with Crippen LogP contribution in [-0.2, 0) is 18.3 Å². The minimum Gasteiger partial charge on any atom is -0.370 e. The molecule has 0 radical (unpaired) electrons. The van der Waals surface area contributed by atoms with Crippen molar-refractivity contribution >= 4 is 50.3 Å². The summed E-state index contributed by atoms with van der Waals surface area (Å²) in [5.41, 5.74) is 11.9. The van der Waals surface area contributed by atoms with Crippen LogP contribution in [0.1, 0.15) is 5.56 Å². The molecular weight excluding hydrogens is 334 g/mol. The molecule has 1 heterocycles. The van der Waals surface area contributed by atoms with E-state index in [1.165, 1.54) is 0 Å². The summed E-state index contributed by atoms with van der Waals surface area (Å²) in [5, 5.41) is 5.50. The highest BCUT2D eigenvalue weighted by Crippen LogP contribution is 2.31. The summed E-state index contributed by atoms with van der Waals surface area (Å²) in [6.07, 6.45) is 0.0123. The summed E-state index contributed by atoms with van der Waals surface area (Å²) >= 11 is 9.50. The van der Waals surface area contributed by atoms with Crippen LogP contribution in [0.4, 0.5) is 0 Å². The molecule has 0 atom stereocenters. The van der Waals surface area contributed by atoms with Crippen molar-refractivity contribution in [3.63, 3.8) is 0 Å². The summed E-state index contributed by atoms with van der Waals surface area (Å²) in [5.74, 6) is -0.719. The van der Waals surface area contributed by atoms with Gasteiger partial charge in [-0.15, -0.1) is 0 Å². The van der Waals surface area contributed by atoms with E-state index >= 15 is 0 Å². The molecule has 1 aromatic carbocycles. The van der Waals surface area contributed by atoms with Gasteiger partial charge in [-0.05, 0) is 33.6 Å². The Morgan fingerprint density at radius 1 is 1.53 bits per heavy atom. The van der Waals surface area contributed by atoms with Crippen LogP contribution in [0.25, 0.3) is 10.9 Å². The average molecular weight is 345 g/mol. The maximum Gasteiger partial charge on any atom is 0.253 e. The van der Waals surface area contributed by atoms with Gasteiger partial charge in [-0.3, -0.25) is 9.48 Å². The van der Waals surface area contributed by atoms with E-state index in [0.29, 0.717) is 15.2 Å². The second-order valence-electron chi connectivity index (χ2n) is 3.94. The Kier molecular flexibility index (Phi) is 3.77. The Labute approximate surface area is 122 Å². The van der Waals surface area contributed by atoms with Gasteiger partial charge < -0.3 is 11.5 Å². The largest absolute Gasteiger partial charge is 0.370 e. The number of halogens is 2. The van der Waals surface area contributed by atoms with Gasteiger partial charge in [-0.25, -0.2) is 0 Å². The third kappa shape index (κ3) is 2.71. The van der Waals surface area contributed by atoms with Gasteiger partial charge in [0, 0.05) is 17.5 Å². The normalized spacial score (nSPS) is 10.7. The van der Waals surface area contributed by atoms with Crippen molar-refractivity contribution in [2.45, 2.75) is 6.42 Å². The van der Waals surface area contributed by atoms with Gasteiger partial charge >= 0.3 is 0 Å². The fourth-order valence-electron chi connectivity index (χ4n) is 1.85. The number of rotatable bonds is 2. The fourth-order valence-corrected chi connectivity index (χ4v) is 2.76. The van der Waals surface area contributed by atoms with Gasteiger partial charge in [-0.1, -0.05) is 11.6 Å². The molecule has 19 heavy (non-hydrogen) atoms. The number of nitrogens with zero attached hydrogens (tertiary/aromatic N) is 3. The lowest BCUT2D eigenvalue weighted by Gasteiger charge is -2.04. The number of hydrogen-bond donors (Lipinski definition) is 2. The molecule has 0 fully saturated rings. The Hall–Kier alpha value is -1.60. The maximum absolute atomic E-state index is 11.7. The molecule has 0 saturated carbocycles. The zero-order valence-corrected chi connectivity index (χ0v) is 12.4. The first-order valence-corrected chi connectivity index (χ1v) is 6.49. The molecule has 0 spiro atoms. The van der Waals surface area contributed by atoms with Crippen LogP contribution in [-0.4, -0.2) is 21.6 Å². The highest BCUT2D eigenvalue weighted by atomic mass is 79.9. The number of aliphatic imine (C=N–C) groups is 1. The number of aryl methyl sites for hydroxylation is 1. The number of hydrogen-bond acceptors (Lipinski definition) is 2. The summed E-state index contributed by atoms with van der Waals surface area (Å²) < 4.78 is 2.32. The van der Waals surface area contributed by atoms with Crippen LogP contribution in [0.15, 0.2) is 21.7 Å². The van der Waals surface area contributed by atoms with E-state index in [1.54, 1.807) is 10.7 Å². The van der Waals surface area contributed by atoms with Gasteiger partial charge in [0.25, 0.3) is 5.91 Å². The summed E-state index contributed by atoms with van der Waals surface area (Å²) in [6.45, 7) is 0. The molecule has 6 nitrogen and oxygen atoms in total. The first kappa shape index (κ1) is 13.8. The van der Waals surface area contributed by atoms with Crippen LogP contribution in [0.5, 0.6) is 0 Å². The second-order valence-corrected chi connectivity index (χ2v) is 5.10. The SMILES string of the molecule is Cn1nc(Br)c2c(CC(=O)N=C(N)N)c(Cl)ccc21. The molecular formula is C11H11BrClN5O. The Morgan fingerprint density at radius 2 is 2.21 bits per heavy atom. The molecule has 0 unspecified atom stereocenters. The topological polar surface area (TPSA) is 99.3 Å². The zero-order chi connectivity index (χ0) is 14.2. The summed E-state index contributed by atoms with van der Waals surface area (Å²) in [4.78, 5) is 15.2. The Balaban J connectivity index is 2.56. The first-order chi connectivity index (χ1) is 8.90. The van der Waals surface area contributed by atoms with Crippen LogP contribution in [0.3, 0.4) is 0 Å². The van der Waals surface area contributed by atoms with Gasteiger partial charge in [0.1, 0.15) is 4.60 Å². The van der Waals surface area contributed by atoms with Crippen molar-refractivity contribution in [2.75, 3.05) is 0 Å². The standard InChI is InChI=1S/C11H11BrClN5O/c1-18-7-3-2-6(13)5(9(7)10(12)17-18)4-8(19)16-11(14)15/h2-3H,4H2,1H3,(H4,14,15,16,19). The molecule has 2 rings (SSSR count). The lowest BCUT2D eigenvalue weighted by atomic mass is 10.1. The number of carbonyl (C=O) groups excluding carboxylic acids is 1. The minimum absolute atomic E-state index is 0.0123. The number of fused-ring (bicyclic) bond motifs is 1. The summed E-state index contributed by atoms with van der Waals surface area (Å²) in [6, 6.07) is 3.56. The summed E-state index contributed by atoms with van der Waals surface area (Å²) in [7, 11) is 1.81. The second kappa shape index (κ2) is 5.18. The van der Waals surface area contributed by atoms with E-state index in [2.05, 4.69) is 26.0 Å². The van der Waals surface area contributed by atoms with Gasteiger partial charge in [0.2, 0.25) is 0 Å². The van der Waals surface area contributed by atoms with Gasteiger partial charge in [-0.2, -0.15) is 10.1 Å². The van der Waals surface area contributed by atoms with E-state index in [4.69, 9.17) is 23.1 Å². The minimum atomic E-state index is -0.454. The third-order valence-electron chi connectivity index (χ3n) is 2.61. The van der Waals surface area contributed by atoms with E-state index < -0.39 is 5.91 Å². The molecule has 2 aromatic rings. The smallest absolute Gasteiger partial charge is 0.253 e. The van der Waals surface area contributed by atoms with Crippen molar-refractivity contribution in [3.8, 4) is 0 Å². The number of carbonyl (C=O) groups is 1. The molecule has 4 N–H and O–H groups in total. The molecule has 0 bridgehead atoms. The first-order valence-electron chi connectivity index (χ1n) is 5.32. The highest BCUT2D eigenvalue weighted by molar-refractivity contribution is 9.10. The fraction of sp³-hybridized carbons (Fsp3) is 0.182. The van der Waals surface area contributed by atoms with Crippen molar-refractivity contribution in [1.82, 2.24) is 9.78 Å². The quantitative estimate of drug-likeness (QED) is 0.634. The highest BCUT2D eigenvalue weighted by Gasteiger charge is 2.16. The molecule has 1 amide bonds. The number of nitrogens with two attached hydrogens (primary N) is 2. The van der Waals surface area contributed by atoms with E-state index in [9.17, 15) is 4.79 Å². The monoisotopic (exact) mass is 343 g/mol. The third-order valence-corrected chi connectivity index (χ3v) is 3.52. The van der Waals surface area contributed by atoms with Crippen LogP contribution in [0.2, 0.25) is 5.02 Å².